The third-order valence-electron chi connectivity index (χ3n) is 4.14. The maximum Gasteiger partial charge on any atom is 0.252 e. The molecule has 0 radical (unpaired) electrons. The highest BCUT2D eigenvalue weighted by atomic mass is 35.5. The van der Waals surface area contributed by atoms with Gasteiger partial charge in [-0.25, -0.2) is 8.42 Å². The van der Waals surface area contributed by atoms with E-state index < -0.39 is 10.0 Å². The van der Waals surface area contributed by atoms with E-state index in [9.17, 15) is 8.42 Å². The van der Waals surface area contributed by atoms with Crippen LogP contribution in [0.15, 0.2) is 40.9 Å². The van der Waals surface area contributed by atoms with Gasteiger partial charge >= 0.3 is 0 Å². The fourth-order valence-corrected chi connectivity index (χ4v) is 6.20. The van der Waals surface area contributed by atoms with Crippen LogP contribution in [-0.2, 0) is 16.6 Å². The van der Waals surface area contributed by atoms with Crippen LogP contribution in [0.1, 0.15) is 12.0 Å². The minimum absolute atomic E-state index is 0.330. The van der Waals surface area contributed by atoms with Gasteiger partial charge in [0.2, 0.25) is 0 Å². The zero-order valence-corrected chi connectivity index (χ0v) is 15.8. The molecule has 0 saturated carbocycles. The molecule has 1 saturated heterocycles. The van der Waals surface area contributed by atoms with Gasteiger partial charge in [-0.05, 0) is 43.1 Å². The Balaban J connectivity index is 1.57. The van der Waals surface area contributed by atoms with E-state index in [1.807, 2.05) is 12.3 Å². The molecule has 1 aliphatic rings. The molecule has 2 aromatic rings. The van der Waals surface area contributed by atoms with Crippen LogP contribution in [0.5, 0.6) is 0 Å². The number of hydrogen-bond acceptors (Lipinski definition) is 5. The fraction of sp³-hybridized carbons (Fsp3) is 0.438. The molecule has 24 heavy (non-hydrogen) atoms. The van der Waals surface area contributed by atoms with E-state index in [0.717, 1.165) is 36.4 Å². The Morgan fingerprint density at radius 2 is 2.25 bits per heavy atom. The molecular formula is C16H20ClN3O2S2. The first-order valence-corrected chi connectivity index (χ1v) is 10.4. The first kappa shape index (κ1) is 17.8. The monoisotopic (exact) mass is 385 g/mol. The standard InChI is InChI=1S/C16H20ClN3O2S2/c1-19(10-13-3-2-7-18-9-13)11-14-6-8-20(12-14)24(21,22)16-5-4-15(17)23-16/h2-5,7,9,14H,6,8,10-12H2,1H3. The quantitative estimate of drug-likeness (QED) is 0.767. The molecule has 3 rings (SSSR count). The van der Waals surface area contributed by atoms with Crippen molar-refractivity contribution in [3.05, 3.63) is 46.6 Å². The van der Waals surface area contributed by atoms with Crippen molar-refractivity contribution in [3.63, 3.8) is 0 Å². The molecule has 1 aliphatic heterocycles. The van der Waals surface area contributed by atoms with Crippen LogP contribution in [0, 0.1) is 5.92 Å². The minimum atomic E-state index is -3.41. The molecule has 8 heteroatoms. The van der Waals surface area contributed by atoms with Crippen molar-refractivity contribution < 1.29 is 8.42 Å². The first-order valence-electron chi connectivity index (χ1n) is 7.78. The highest BCUT2D eigenvalue weighted by molar-refractivity contribution is 7.91. The predicted molar refractivity (Wildman–Crippen MR) is 96.8 cm³/mol. The summed E-state index contributed by atoms with van der Waals surface area (Å²) in [5.41, 5.74) is 1.16. The lowest BCUT2D eigenvalue weighted by Crippen LogP contribution is -2.31. The Kier molecular flexibility index (Phi) is 5.56. The highest BCUT2D eigenvalue weighted by Gasteiger charge is 2.33. The summed E-state index contributed by atoms with van der Waals surface area (Å²) in [6.45, 7) is 2.82. The summed E-state index contributed by atoms with van der Waals surface area (Å²) in [5, 5.41) is 0. The molecule has 1 fully saturated rings. The van der Waals surface area contributed by atoms with Gasteiger partial charge in [0, 0.05) is 38.6 Å². The molecule has 0 spiro atoms. The summed E-state index contributed by atoms with van der Waals surface area (Å²) < 4.78 is 27.7. The van der Waals surface area contributed by atoms with Crippen molar-refractivity contribution in [3.8, 4) is 0 Å². The Bertz CT molecular complexity index is 780. The Morgan fingerprint density at radius 3 is 2.92 bits per heavy atom. The fourth-order valence-electron chi connectivity index (χ4n) is 3.04. The number of pyridine rings is 1. The van der Waals surface area contributed by atoms with Crippen molar-refractivity contribution >= 4 is 33.0 Å². The summed E-state index contributed by atoms with van der Waals surface area (Å²) in [4.78, 5) is 6.35. The van der Waals surface area contributed by atoms with Gasteiger partial charge in [0.1, 0.15) is 4.21 Å². The van der Waals surface area contributed by atoms with Crippen molar-refractivity contribution in [2.75, 3.05) is 26.7 Å². The van der Waals surface area contributed by atoms with Gasteiger partial charge in [0.15, 0.2) is 0 Å². The molecule has 130 valence electrons. The van der Waals surface area contributed by atoms with Crippen LogP contribution >= 0.6 is 22.9 Å². The minimum Gasteiger partial charge on any atom is -0.302 e. The number of thiophene rings is 1. The van der Waals surface area contributed by atoms with Crippen LogP contribution in [0.3, 0.4) is 0 Å². The van der Waals surface area contributed by atoms with Crippen molar-refractivity contribution in [2.24, 2.45) is 5.92 Å². The Labute approximate surface area is 151 Å². The summed E-state index contributed by atoms with van der Waals surface area (Å²) in [5.74, 6) is 0.344. The second-order valence-corrected chi connectivity index (χ2v) is 10.0. The van der Waals surface area contributed by atoms with E-state index in [0.29, 0.717) is 27.6 Å². The second kappa shape index (κ2) is 7.49. The van der Waals surface area contributed by atoms with E-state index >= 15 is 0 Å². The van der Waals surface area contributed by atoms with Crippen molar-refractivity contribution in [1.82, 2.24) is 14.2 Å². The predicted octanol–water partition coefficient (Wildman–Crippen LogP) is 2.94. The molecule has 2 aromatic heterocycles. The molecule has 0 aliphatic carbocycles. The molecular weight excluding hydrogens is 366 g/mol. The van der Waals surface area contributed by atoms with Crippen LogP contribution in [0.2, 0.25) is 4.34 Å². The van der Waals surface area contributed by atoms with E-state index in [1.54, 1.807) is 22.6 Å². The van der Waals surface area contributed by atoms with Crippen LogP contribution in [0.25, 0.3) is 0 Å². The average Bonchev–Trinajstić information content (AvgIpc) is 3.18. The molecule has 0 N–H and O–H groups in total. The zero-order chi connectivity index (χ0) is 17.2. The van der Waals surface area contributed by atoms with Gasteiger partial charge in [-0.1, -0.05) is 17.7 Å². The number of sulfonamides is 1. The number of halogens is 1. The molecule has 0 amide bonds. The van der Waals surface area contributed by atoms with Crippen molar-refractivity contribution in [1.29, 1.82) is 0 Å². The summed E-state index contributed by atoms with van der Waals surface area (Å²) in [6.07, 6.45) is 4.51. The van der Waals surface area contributed by atoms with E-state index in [2.05, 4.69) is 23.0 Å². The van der Waals surface area contributed by atoms with Crippen molar-refractivity contribution in [2.45, 2.75) is 17.2 Å². The number of rotatable bonds is 6. The van der Waals surface area contributed by atoms with Gasteiger partial charge in [-0.3, -0.25) is 4.98 Å². The lowest BCUT2D eigenvalue weighted by atomic mass is 10.1. The van der Waals surface area contributed by atoms with Gasteiger partial charge < -0.3 is 4.90 Å². The first-order chi connectivity index (χ1) is 11.4. The van der Waals surface area contributed by atoms with E-state index in [-0.39, 0.29) is 0 Å². The number of hydrogen-bond donors (Lipinski definition) is 0. The molecule has 0 bridgehead atoms. The summed E-state index contributed by atoms with van der Waals surface area (Å²) in [7, 11) is -1.35. The number of nitrogens with zero attached hydrogens (tertiary/aromatic N) is 3. The summed E-state index contributed by atoms with van der Waals surface area (Å²) >= 11 is 6.99. The van der Waals surface area contributed by atoms with Gasteiger partial charge in [0.05, 0.1) is 4.34 Å². The molecule has 3 heterocycles. The second-order valence-electron chi connectivity index (χ2n) is 6.13. The average molecular weight is 386 g/mol. The molecule has 5 nitrogen and oxygen atoms in total. The molecule has 1 unspecified atom stereocenters. The topological polar surface area (TPSA) is 53.5 Å². The Morgan fingerprint density at radius 1 is 1.42 bits per heavy atom. The largest absolute Gasteiger partial charge is 0.302 e. The third-order valence-corrected chi connectivity index (χ3v) is 7.70. The van der Waals surface area contributed by atoms with Gasteiger partial charge in [0.25, 0.3) is 10.0 Å². The van der Waals surface area contributed by atoms with Gasteiger partial charge in [-0.2, -0.15) is 4.31 Å². The normalized spacial score (nSPS) is 19.2. The van der Waals surface area contributed by atoms with Crippen LogP contribution < -0.4 is 0 Å². The zero-order valence-electron chi connectivity index (χ0n) is 13.4. The number of aromatic nitrogens is 1. The highest BCUT2D eigenvalue weighted by Crippen LogP contribution is 2.31. The smallest absolute Gasteiger partial charge is 0.252 e. The summed E-state index contributed by atoms with van der Waals surface area (Å²) in [6, 6.07) is 7.20. The third kappa shape index (κ3) is 4.15. The maximum atomic E-state index is 12.6. The van der Waals surface area contributed by atoms with E-state index in [4.69, 9.17) is 11.6 Å². The molecule has 0 aromatic carbocycles. The molecule has 1 atom stereocenters. The maximum absolute atomic E-state index is 12.6. The SMILES string of the molecule is CN(Cc1cccnc1)CC1CCN(S(=O)(=O)c2ccc(Cl)s2)C1. The lowest BCUT2D eigenvalue weighted by molar-refractivity contribution is 0.273. The van der Waals surface area contributed by atoms with Gasteiger partial charge in [-0.15, -0.1) is 11.3 Å². The Hall–Kier alpha value is -0.990. The lowest BCUT2D eigenvalue weighted by Gasteiger charge is -2.21. The van der Waals surface area contributed by atoms with Crippen LogP contribution in [-0.4, -0.2) is 49.3 Å². The van der Waals surface area contributed by atoms with E-state index in [1.165, 1.54) is 0 Å². The van der Waals surface area contributed by atoms with Crippen LogP contribution in [0.4, 0.5) is 0 Å².